The van der Waals surface area contributed by atoms with Gasteiger partial charge in [-0.15, -0.1) is 0 Å². The van der Waals surface area contributed by atoms with Crippen molar-refractivity contribution in [2.75, 3.05) is 19.5 Å². The minimum Gasteiger partial charge on any atom is -0.493 e. The smallest absolute Gasteiger partial charge is 0.266 e. The number of carbonyl (C=O) groups excluding carboxylic acids is 1. The maximum atomic E-state index is 12.5. The van der Waals surface area contributed by atoms with Crippen LogP contribution in [0.15, 0.2) is 40.4 Å². The standard InChI is InChI=1S/C19H16BrClN2O3/c1-11-5-4-6-15(21)18(11)23-19(24)13(10-22)7-12-8-16(25-2)17(26-3)9-14(12)20/h4-9H,1-3H3,(H,23,24)/b13-7+. The minimum absolute atomic E-state index is 0.0720. The normalized spacial score (nSPS) is 10.8. The molecule has 2 rings (SSSR count). The van der Waals surface area contributed by atoms with Crippen molar-refractivity contribution >= 4 is 45.2 Å². The van der Waals surface area contributed by atoms with E-state index in [-0.39, 0.29) is 5.57 Å². The Bertz CT molecular complexity index is 899. The van der Waals surface area contributed by atoms with Crippen molar-refractivity contribution in [1.82, 2.24) is 0 Å². The first kappa shape index (κ1) is 19.8. The summed E-state index contributed by atoms with van der Waals surface area (Å²) < 4.78 is 11.1. The number of nitrogens with one attached hydrogen (secondary N) is 1. The van der Waals surface area contributed by atoms with Crippen LogP contribution in [0.1, 0.15) is 11.1 Å². The lowest BCUT2D eigenvalue weighted by atomic mass is 10.1. The first-order valence-electron chi connectivity index (χ1n) is 7.51. The van der Waals surface area contributed by atoms with Crippen LogP contribution in [0.3, 0.4) is 0 Å². The Kier molecular flexibility index (Phi) is 6.67. The molecule has 0 aromatic heterocycles. The summed E-state index contributed by atoms with van der Waals surface area (Å²) in [5, 5.41) is 12.5. The Morgan fingerprint density at radius 2 is 1.92 bits per heavy atom. The summed E-state index contributed by atoms with van der Waals surface area (Å²) >= 11 is 9.53. The van der Waals surface area contributed by atoms with Crippen LogP contribution in [-0.2, 0) is 4.79 Å². The van der Waals surface area contributed by atoms with Crippen molar-refractivity contribution in [1.29, 1.82) is 5.26 Å². The van der Waals surface area contributed by atoms with Crippen molar-refractivity contribution in [3.05, 3.63) is 56.5 Å². The third-order valence-electron chi connectivity index (χ3n) is 3.63. The second-order valence-corrected chi connectivity index (χ2v) is 6.55. The molecule has 5 nitrogen and oxygen atoms in total. The van der Waals surface area contributed by atoms with E-state index < -0.39 is 5.91 Å². The Labute approximate surface area is 165 Å². The van der Waals surface area contributed by atoms with Gasteiger partial charge in [-0.3, -0.25) is 4.79 Å². The molecule has 0 saturated carbocycles. The van der Waals surface area contributed by atoms with Gasteiger partial charge in [0.1, 0.15) is 11.6 Å². The van der Waals surface area contributed by atoms with Crippen LogP contribution >= 0.6 is 27.5 Å². The van der Waals surface area contributed by atoms with E-state index in [2.05, 4.69) is 21.2 Å². The zero-order valence-electron chi connectivity index (χ0n) is 14.4. The maximum absolute atomic E-state index is 12.5. The van der Waals surface area contributed by atoms with Crippen LogP contribution in [0.4, 0.5) is 5.69 Å². The molecule has 1 amide bonds. The topological polar surface area (TPSA) is 71.3 Å². The predicted octanol–water partition coefficient (Wildman–Crippen LogP) is 4.97. The van der Waals surface area contributed by atoms with Crippen molar-refractivity contribution in [3.8, 4) is 17.6 Å². The summed E-state index contributed by atoms with van der Waals surface area (Å²) in [6.07, 6.45) is 1.47. The predicted molar refractivity (Wildman–Crippen MR) is 106 cm³/mol. The van der Waals surface area contributed by atoms with Gasteiger partial charge in [0.05, 0.1) is 24.9 Å². The van der Waals surface area contributed by atoms with Gasteiger partial charge in [0.2, 0.25) is 0 Å². The Hall–Kier alpha value is -2.49. The van der Waals surface area contributed by atoms with E-state index in [0.29, 0.717) is 32.2 Å². The third kappa shape index (κ3) is 4.37. The van der Waals surface area contributed by atoms with Gasteiger partial charge in [-0.2, -0.15) is 5.26 Å². The highest BCUT2D eigenvalue weighted by Gasteiger charge is 2.15. The number of ether oxygens (including phenoxy) is 2. The molecule has 0 aliphatic carbocycles. The fourth-order valence-corrected chi connectivity index (χ4v) is 2.96. The molecule has 0 radical (unpaired) electrons. The molecule has 1 N–H and O–H groups in total. The highest BCUT2D eigenvalue weighted by Crippen LogP contribution is 2.34. The van der Waals surface area contributed by atoms with Gasteiger partial charge in [0.15, 0.2) is 11.5 Å². The second-order valence-electron chi connectivity index (χ2n) is 5.28. The summed E-state index contributed by atoms with van der Waals surface area (Å²) in [6.45, 7) is 1.82. The molecule has 2 aromatic rings. The monoisotopic (exact) mass is 434 g/mol. The average molecular weight is 436 g/mol. The number of anilines is 1. The minimum atomic E-state index is -0.551. The summed E-state index contributed by atoms with van der Waals surface area (Å²) in [4.78, 5) is 12.5. The van der Waals surface area contributed by atoms with E-state index in [0.717, 1.165) is 5.56 Å². The van der Waals surface area contributed by atoms with Crippen molar-refractivity contribution in [2.24, 2.45) is 0 Å². The molecule has 0 heterocycles. The van der Waals surface area contributed by atoms with Crippen molar-refractivity contribution in [3.63, 3.8) is 0 Å². The number of nitriles is 1. The number of carbonyl (C=O) groups is 1. The number of methoxy groups -OCH3 is 2. The maximum Gasteiger partial charge on any atom is 0.266 e. The Balaban J connectivity index is 2.39. The number of rotatable bonds is 5. The molecule has 0 fully saturated rings. The molecule has 0 spiro atoms. The average Bonchev–Trinajstić information content (AvgIpc) is 2.63. The molecule has 0 aliphatic rings. The van der Waals surface area contributed by atoms with E-state index in [9.17, 15) is 10.1 Å². The second kappa shape index (κ2) is 8.75. The first-order chi connectivity index (χ1) is 12.4. The van der Waals surface area contributed by atoms with Gasteiger partial charge in [-0.1, -0.05) is 39.7 Å². The van der Waals surface area contributed by atoms with Gasteiger partial charge in [-0.25, -0.2) is 0 Å². The number of hydrogen-bond acceptors (Lipinski definition) is 4. The molecule has 26 heavy (non-hydrogen) atoms. The molecular weight excluding hydrogens is 420 g/mol. The first-order valence-corrected chi connectivity index (χ1v) is 8.68. The number of aryl methyl sites for hydroxylation is 1. The highest BCUT2D eigenvalue weighted by atomic mass is 79.9. The number of amides is 1. The summed E-state index contributed by atoms with van der Waals surface area (Å²) in [5.74, 6) is 0.471. The van der Waals surface area contributed by atoms with E-state index in [4.69, 9.17) is 21.1 Å². The van der Waals surface area contributed by atoms with E-state index in [1.54, 1.807) is 24.3 Å². The number of benzene rings is 2. The lowest BCUT2D eigenvalue weighted by Gasteiger charge is -2.11. The molecule has 7 heteroatoms. The van der Waals surface area contributed by atoms with Gasteiger partial charge in [0.25, 0.3) is 5.91 Å². The lowest BCUT2D eigenvalue weighted by Crippen LogP contribution is -2.14. The molecule has 134 valence electrons. The lowest BCUT2D eigenvalue weighted by molar-refractivity contribution is -0.112. The van der Waals surface area contributed by atoms with Crippen molar-refractivity contribution in [2.45, 2.75) is 6.92 Å². The van der Waals surface area contributed by atoms with Crippen LogP contribution in [0, 0.1) is 18.3 Å². The quantitative estimate of drug-likeness (QED) is 0.531. The number of nitrogens with zero attached hydrogens (tertiary/aromatic N) is 1. The van der Waals surface area contributed by atoms with E-state index >= 15 is 0 Å². The van der Waals surface area contributed by atoms with Gasteiger partial charge >= 0.3 is 0 Å². The molecule has 0 unspecified atom stereocenters. The molecule has 0 bridgehead atoms. The largest absolute Gasteiger partial charge is 0.493 e. The fraction of sp³-hybridized carbons (Fsp3) is 0.158. The molecule has 0 aliphatic heterocycles. The number of para-hydroxylation sites is 1. The van der Waals surface area contributed by atoms with Gasteiger partial charge in [0, 0.05) is 4.47 Å². The van der Waals surface area contributed by atoms with Gasteiger partial charge < -0.3 is 14.8 Å². The summed E-state index contributed by atoms with van der Waals surface area (Å²) in [7, 11) is 3.04. The SMILES string of the molecule is COc1cc(Br)c(/C=C(\C#N)C(=O)Nc2c(C)cccc2Cl)cc1OC. The Morgan fingerprint density at radius 3 is 2.50 bits per heavy atom. The third-order valence-corrected chi connectivity index (χ3v) is 4.63. The summed E-state index contributed by atoms with van der Waals surface area (Å²) in [5.41, 5.74) is 1.81. The van der Waals surface area contributed by atoms with Crippen LogP contribution < -0.4 is 14.8 Å². The van der Waals surface area contributed by atoms with Crippen LogP contribution in [-0.4, -0.2) is 20.1 Å². The van der Waals surface area contributed by atoms with E-state index in [1.807, 2.05) is 19.1 Å². The number of hydrogen-bond donors (Lipinski definition) is 1. The molecule has 2 aromatic carbocycles. The zero-order valence-corrected chi connectivity index (χ0v) is 16.7. The fourth-order valence-electron chi connectivity index (χ4n) is 2.26. The van der Waals surface area contributed by atoms with Gasteiger partial charge in [-0.05, 0) is 42.3 Å². The van der Waals surface area contributed by atoms with Crippen LogP contribution in [0.25, 0.3) is 6.08 Å². The molecule has 0 saturated heterocycles. The zero-order chi connectivity index (χ0) is 19.3. The van der Waals surface area contributed by atoms with Crippen LogP contribution in [0.5, 0.6) is 11.5 Å². The van der Waals surface area contributed by atoms with E-state index in [1.165, 1.54) is 20.3 Å². The summed E-state index contributed by atoms with van der Waals surface area (Å²) in [6, 6.07) is 10.6. The Morgan fingerprint density at radius 1 is 1.27 bits per heavy atom. The van der Waals surface area contributed by atoms with Crippen molar-refractivity contribution < 1.29 is 14.3 Å². The van der Waals surface area contributed by atoms with Crippen LogP contribution in [0.2, 0.25) is 5.02 Å². The molecule has 0 atom stereocenters. The highest BCUT2D eigenvalue weighted by molar-refractivity contribution is 9.10. The number of halogens is 2. The molecular formula is C19H16BrClN2O3.